The molecule has 0 bridgehead atoms. The number of hydrogen-bond donors (Lipinski definition) is 5. The highest BCUT2D eigenvalue weighted by molar-refractivity contribution is 5.87. The SMILES string of the molecule is COc1ccc(/C=C/C(=O)O[C@H]2[C@H](OC3OC=C(C(=O)O)[C@H]4CC[C@](C)(O)[C@@H]34)O[C@H](CO)[C@@H](O)[C@@H]2O)cc1. The van der Waals surface area contributed by atoms with Crippen LogP contribution in [-0.4, -0.2) is 93.8 Å². The molecule has 9 atom stereocenters. The summed E-state index contributed by atoms with van der Waals surface area (Å²) in [5.74, 6) is -2.81. The molecule has 0 radical (unpaired) electrons. The Hall–Kier alpha value is -3.00. The smallest absolute Gasteiger partial charge is 0.334 e. The third-order valence-corrected chi connectivity index (χ3v) is 7.25. The maximum Gasteiger partial charge on any atom is 0.334 e. The lowest BCUT2D eigenvalue weighted by Gasteiger charge is -2.44. The minimum atomic E-state index is -1.70. The molecule has 2 aliphatic heterocycles. The molecule has 12 nitrogen and oxygen atoms in total. The van der Waals surface area contributed by atoms with Crippen molar-refractivity contribution in [3.63, 3.8) is 0 Å². The lowest BCUT2D eigenvalue weighted by Crippen LogP contribution is -2.61. The van der Waals surface area contributed by atoms with E-state index in [2.05, 4.69) is 0 Å². The van der Waals surface area contributed by atoms with Crippen molar-refractivity contribution in [3.8, 4) is 5.75 Å². The third-order valence-electron chi connectivity index (χ3n) is 7.25. The molecule has 1 aromatic carbocycles. The highest BCUT2D eigenvalue weighted by atomic mass is 16.8. The number of benzene rings is 1. The minimum Gasteiger partial charge on any atom is -0.497 e. The van der Waals surface area contributed by atoms with Crippen LogP contribution in [0.1, 0.15) is 25.3 Å². The van der Waals surface area contributed by atoms with Crippen LogP contribution >= 0.6 is 0 Å². The monoisotopic (exact) mass is 536 g/mol. The molecule has 12 heteroatoms. The minimum absolute atomic E-state index is 0.00692. The quantitative estimate of drug-likeness (QED) is 0.225. The van der Waals surface area contributed by atoms with Gasteiger partial charge in [0.05, 0.1) is 37.1 Å². The largest absolute Gasteiger partial charge is 0.497 e. The molecule has 3 aliphatic rings. The molecule has 1 aromatic rings. The number of carbonyl (C=O) groups is 2. The molecule has 4 rings (SSSR count). The molecule has 0 aromatic heterocycles. The second-order valence-electron chi connectivity index (χ2n) is 9.76. The molecule has 2 fully saturated rings. The number of aliphatic carboxylic acids is 1. The number of aliphatic hydroxyl groups is 4. The molecule has 1 saturated heterocycles. The number of ether oxygens (including phenoxy) is 5. The summed E-state index contributed by atoms with van der Waals surface area (Å²) < 4.78 is 27.6. The Kier molecular flexibility index (Phi) is 8.40. The summed E-state index contributed by atoms with van der Waals surface area (Å²) in [4.78, 5) is 24.3. The Morgan fingerprint density at radius 1 is 1.16 bits per heavy atom. The number of hydrogen-bond acceptors (Lipinski definition) is 11. The van der Waals surface area contributed by atoms with E-state index >= 15 is 0 Å². The summed E-state index contributed by atoms with van der Waals surface area (Å²) in [7, 11) is 1.53. The Morgan fingerprint density at radius 3 is 2.50 bits per heavy atom. The van der Waals surface area contributed by atoms with Crippen LogP contribution in [-0.2, 0) is 28.5 Å². The summed E-state index contributed by atoms with van der Waals surface area (Å²) in [6.07, 6.45) is -4.56. The maximum atomic E-state index is 12.6. The average Bonchev–Trinajstić information content (AvgIpc) is 3.22. The van der Waals surface area contributed by atoms with Gasteiger partial charge in [0.25, 0.3) is 0 Å². The van der Waals surface area contributed by atoms with Crippen LogP contribution in [0, 0.1) is 11.8 Å². The molecule has 208 valence electrons. The molecule has 38 heavy (non-hydrogen) atoms. The third kappa shape index (κ3) is 5.70. The van der Waals surface area contributed by atoms with Gasteiger partial charge in [-0.1, -0.05) is 12.1 Å². The van der Waals surface area contributed by atoms with Crippen LogP contribution in [0.4, 0.5) is 0 Å². The van der Waals surface area contributed by atoms with Crippen molar-refractivity contribution < 1.29 is 58.8 Å². The molecule has 5 N–H and O–H groups in total. The average molecular weight is 537 g/mol. The first-order chi connectivity index (χ1) is 18.1. The fraction of sp³-hybridized carbons (Fsp3) is 0.538. The first-order valence-corrected chi connectivity index (χ1v) is 12.2. The Balaban J connectivity index is 1.53. The van der Waals surface area contributed by atoms with Crippen LogP contribution in [0.15, 0.2) is 42.2 Å². The molecule has 1 unspecified atom stereocenters. The number of carboxylic acids is 1. The van der Waals surface area contributed by atoms with Crippen LogP contribution in [0.5, 0.6) is 5.75 Å². The van der Waals surface area contributed by atoms with E-state index in [9.17, 15) is 35.1 Å². The van der Waals surface area contributed by atoms with Crippen molar-refractivity contribution in [1.29, 1.82) is 0 Å². The van der Waals surface area contributed by atoms with E-state index in [0.29, 0.717) is 17.7 Å². The van der Waals surface area contributed by atoms with Crippen molar-refractivity contribution >= 4 is 18.0 Å². The summed E-state index contributed by atoms with van der Waals surface area (Å²) in [5.41, 5.74) is -0.684. The standard InChI is InChI=1S/C26H32O12/c1-26(33)10-9-15-16(23(31)32)12-35-24(19(15)26)38-25-22(21(30)20(29)17(11-27)36-25)37-18(28)8-5-13-3-6-14(34-2)7-4-13/h3-8,12,15,17,19-22,24-25,27,29-30,33H,9-11H2,1-2H3,(H,31,32)/b8-5+/t15-,17-,19-,20-,21+,22-,24?,25+,26+/m1/s1. The highest BCUT2D eigenvalue weighted by Gasteiger charge is 2.56. The highest BCUT2D eigenvalue weighted by Crippen LogP contribution is 2.49. The first kappa shape index (κ1) is 28.0. The molecule has 0 spiro atoms. The summed E-state index contributed by atoms with van der Waals surface area (Å²) in [6, 6.07) is 6.84. The fourth-order valence-electron chi connectivity index (χ4n) is 5.17. The van der Waals surface area contributed by atoms with Crippen LogP contribution in [0.2, 0.25) is 0 Å². The van der Waals surface area contributed by atoms with Gasteiger partial charge >= 0.3 is 11.9 Å². The Morgan fingerprint density at radius 2 is 1.87 bits per heavy atom. The Bertz CT molecular complexity index is 1060. The zero-order chi connectivity index (χ0) is 27.6. The van der Waals surface area contributed by atoms with Gasteiger partial charge in [-0.2, -0.15) is 0 Å². The van der Waals surface area contributed by atoms with Gasteiger partial charge in [0.2, 0.25) is 12.6 Å². The first-order valence-electron chi connectivity index (χ1n) is 12.2. The number of fused-ring (bicyclic) bond motifs is 1. The van der Waals surface area contributed by atoms with Gasteiger partial charge in [-0.05, 0) is 43.5 Å². The van der Waals surface area contributed by atoms with Crippen molar-refractivity contribution in [2.75, 3.05) is 13.7 Å². The normalized spacial score (nSPS) is 36.7. The second-order valence-corrected chi connectivity index (χ2v) is 9.76. The maximum absolute atomic E-state index is 12.6. The Labute approximate surface area is 218 Å². The van der Waals surface area contributed by atoms with Gasteiger partial charge in [-0.15, -0.1) is 0 Å². The van der Waals surface area contributed by atoms with Gasteiger partial charge in [-0.25, -0.2) is 9.59 Å². The van der Waals surface area contributed by atoms with Crippen molar-refractivity contribution in [2.24, 2.45) is 11.8 Å². The van der Waals surface area contributed by atoms with Crippen LogP contribution in [0.3, 0.4) is 0 Å². The van der Waals surface area contributed by atoms with E-state index < -0.39 is 73.0 Å². The summed E-state index contributed by atoms with van der Waals surface area (Å²) >= 11 is 0. The van der Waals surface area contributed by atoms with E-state index in [4.69, 9.17) is 23.7 Å². The van der Waals surface area contributed by atoms with E-state index in [-0.39, 0.29) is 12.0 Å². The van der Waals surface area contributed by atoms with E-state index in [1.54, 1.807) is 31.2 Å². The number of aliphatic hydroxyl groups excluding tert-OH is 3. The topological polar surface area (TPSA) is 181 Å². The number of rotatable bonds is 8. The zero-order valence-corrected chi connectivity index (χ0v) is 20.9. The summed E-state index contributed by atoms with van der Waals surface area (Å²) in [5, 5.41) is 51.2. The molecular formula is C26H32O12. The van der Waals surface area contributed by atoms with Crippen LogP contribution in [0.25, 0.3) is 6.08 Å². The van der Waals surface area contributed by atoms with Crippen LogP contribution < -0.4 is 4.74 Å². The van der Waals surface area contributed by atoms with E-state index in [0.717, 1.165) is 12.3 Å². The number of carboxylic acid groups (broad SMARTS) is 1. The molecule has 1 saturated carbocycles. The lowest BCUT2D eigenvalue weighted by atomic mass is 9.81. The lowest BCUT2D eigenvalue weighted by molar-refractivity contribution is -0.346. The zero-order valence-electron chi connectivity index (χ0n) is 20.9. The second kappa shape index (κ2) is 11.4. The predicted octanol–water partition coefficient (Wildman–Crippen LogP) is 0.178. The van der Waals surface area contributed by atoms with E-state index in [1.165, 1.54) is 13.2 Å². The molecule has 1 aliphatic carbocycles. The van der Waals surface area contributed by atoms with Gasteiger partial charge in [0.1, 0.15) is 24.1 Å². The number of carbonyl (C=O) groups excluding carboxylic acids is 1. The van der Waals surface area contributed by atoms with Gasteiger partial charge in [-0.3, -0.25) is 0 Å². The number of methoxy groups -OCH3 is 1. The molecule has 2 heterocycles. The molecular weight excluding hydrogens is 504 g/mol. The predicted molar refractivity (Wildman–Crippen MR) is 128 cm³/mol. The van der Waals surface area contributed by atoms with Gasteiger partial charge < -0.3 is 49.2 Å². The van der Waals surface area contributed by atoms with Crippen molar-refractivity contribution in [1.82, 2.24) is 0 Å². The van der Waals surface area contributed by atoms with Gasteiger partial charge in [0, 0.05) is 12.0 Å². The fourth-order valence-corrected chi connectivity index (χ4v) is 5.17. The van der Waals surface area contributed by atoms with Gasteiger partial charge in [0.15, 0.2) is 6.10 Å². The number of esters is 1. The summed E-state index contributed by atoms with van der Waals surface area (Å²) in [6.45, 7) is 0.870. The van der Waals surface area contributed by atoms with Crippen molar-refractivity contribution in [2.45, 2.75) is 62.4 Å². The van der Waals surface area contributed by atoms with E-state index in [1.807, 2.05) is 0 Å². The van der Waals surface area contributed by atoms with Crippen molar-refractivity contribution in [3.05, 3.63) is 47.7 Å². The molecule has 0 amide bonds.